The first-order valence-electron chi connectivity index (χ1n) is 12.1. The fourth-order valence-corrected chi connectivity index (χ4v) is 5.63. The third-order valence-electron chi connectivity index (χ3n) is 5.71. The number of carboxylic acids is 1. The van der Waals surface area contributed by atoms with E-state index < -0.39 is 22.0 Å². The zero-order chi connectivity index (χ0) is 27.0. The van der Waals surface area contributed by atoms with E-state index in [0.29, 0.717) is 42.1 Å². The number of aromatic nitrogens is 2. The molecule has 13 heteroatoms. The quantitative estimate of drug-likeness (QED) is 0.170. The van der Waals surface area contributed by atoms with Gasteiger partial charge in [0.15, 0.2) is 5.69 Å². The molecule has 0 atom stereocenters. The van der Waals surface area contributed by atoms with Crippen LogP contribution in [-0.4, -0.2) is 47.9 Å². The molecule has 9 nitrogen and oxygen atoms in total. The normalized spacial score (nSPS) is 10.7. The minimum absolute atomic E-state index is 0. The van der Waals surface area contributed by atoms with Crippen molar-refractivity contribution < 1.29 is 126 Å². The van der Waals surface area contributed by atoms with E-state index in [0.717, 1.165) is 24.2 Å². The molecule has 0 saturated carbocycles. The number of urea groups is 1. The number of aromatic carboxylic acids is 1. The Morgan fingerprint density at radius 2 is 1.69 bits per heavy atom. The number of hydrogen-bond acceptors (Lipinski definition) is 6. The maximum Gasteiger partial charge on any atom is 1.00 e. The van der Waals surface area contributed by atoms with E-state index in [4.69, 9.17) is 0 Å². The van der Waals surface area contributed by atoms with Gasteiger partial charge in [0.25, 0.3) is 10.0 Å². The van der Waals surface area contributed by atoms with E-state index in [2.05, 4.69) is 21.9 Å². The number of sulfonamides is 1. The zero-order valence-corrected chi connectivity index (χ0v) is 31.0. The number of carbonyl (C=O) groups excluding carboxylic acids is 1. The molecule has 0 spiro atoms. The van der Waals surface area contributed by atoms with Crippen molar-refractivity contribution >= 4 is 33.8 Å². The summed E-state index contributed by atoms with van der Waals surface area (Å²) < 4.78 is 29.7. The number of thioether (sulfide) groups is 1. The number of rotatable bonds is 12. The standard InChI is InChI=1S/C26H32N4O5S2.2K/c1-4-6-11-22-28-24(36-3)23(25(31)32)30(22)17-18-12-14-19(15-13-18)20-9-7-8-10-21(20)37(34,35)29-26(33)27-16-5-2;;/h7-10,12-15H,4-6,11,16-17H2,1-3H3,(H,31,32)(H2,27,29,33);;/q;2*+1. The number of carboxylic acid groups (broad SMARTS) is 1. The Labute approximate surface area is 319 Å². The Hall–Kier alpha value is -0.0373. The van der Waals surface area contributed by atoms with Crippen LogP contribution in [0.4, 0.5) is 4.79 Å². The topological polar surface area (TPSA) is 130 Å². The van der Waals surface area contributed by atoms with Crippen molar-refractivity contribution in [2.75, 3.05) is 12.8 Å². The molecule has 2 aromatic carbocycles. The number of amides is 2. The molecule has 3 aromatic rings. The van der Waals surface area contributed by atoms with Crippen LogP contribution in [0, 0.1) is 0 Å². The van der Waals surface area contributed by atoms with Gasteiger partial charge in [-0.3, -0.25) is 0 Å². The van der Waals surface area contributed by atoms with Crippen molar-refractivity contribution in [2.24, 2.45) is 0 Å². The zero-order valence-electron chi connectivity index (χ0n) is 23.2. The molecule has 0 aliphatic carbocycles. The van der Waals surface area contributed by atoms with Gasteiger partial charge in [0.1, 0.15) is 10.9 Å². The molecule has 39 heavy (non-hydrogen) atoms. The molecule has 0 aliphatic rings. The predicted octanol–water partition coefficient (Wildman–Crippen LogP) is -1.23. The van der Waals surface area contributed by atoms with Gasteiger partial charge in [-0.2, -0.15) is 0 Å². The Balaban J connectivity index is 0.00000380. The SMILES string of the molecule is CCCCc1nc(SC)c(C(=O)O)n1Cc1ccc(-c2ccccc2S(=O)(=O)NC(=O)NCCC)cc1.[K+].[K+]. The van der Waals surface area contributed by atoms with Crippen LogP contribution in [0.5, 0.6) is 0 Å². The van der Waals surface area contributed by atoms with E-state index in [1.165, 1.54) is 17.8 Å². The van der Waals surface area contributed by atoms with Gasteiger partial charge in [0, 0.05) is 25.1 Å². The number of aryl methyl sites for hydroxylation is 1. The van der Waals surface area contributed by atoms with Crippen LogP contribution in [-0.2, 0) is 23.0 Å². The van der Waals surface area contributed by atoms with Gasteiger partial charge in [0.2, 0.25) is 0 Å². The first kappa shape index (κ1) is 37.0. The van der Waals surface area contributed by atoms with Crippen LogP contribution in [0.2, 0.25) is 0 Å². The summed E-state index contributed by atoms with van der Waals surface area (Å²) in [4.78, 5) is 28.6. The summed E-state index contributed by atoms with van der Waals surface area (Å²) in [6.45, 7) is 4.64. The van der Waals surface area contributed by atoms with Crippen molar-refractivity contribution in [1.82, 2.24) is 19.6 Å². The molecule has 0 bridgehead atoms. The summed E-state index contributed by atoms with van der Waals surface area (Å²) in [5, 5.41) is 12.8. The van der Waals surface area contributed by atoms with Gasteiger partial charge < -0.3 is 15.0 Å². The van der Waals surface area contributed by atoms with Gasteiger partial charge in [-0.25, -0.2) is 27.7 Å². The Bertz CT molecular complexity index is 1360. The molecule has 3 N–H and O–H groups in total. The molecule has 0 saturated heterocycles. The van der Waals surface area contributed by atoms with E-state index in [-0.39, 0.29) is 113 Å². The molecule has 0 fully saturated rings. The Kier molecular flexibility index (Phi) is 16.9. The molecule has 198 valence electrons. The minimum Gasteiger partial charge on any atom is -0.476 e. The Morgan fingerprint density at radius 3 is 2.28 bits per heavy atom. The molecule has 1 aromatic heterocycles. The molecule has 1 heterocycles. The first-order valence-corrected chi connectivity index (χ1v) is 14.8. The minimum atomic E-state index is -4.10. The molecule has 0 radical (unpaired) electrons. The fourth-order valence-electron chi connectivity index (χ4n) is 3.88. The number of imidazole rings is 1. The molecular formula is C26H32K2N4O5S2+2. The average molecular weight is 623 g/mol. The predicted molar refractivity (Wildman–Crippen MR) is 145 cm³/mol. The van der Waals surface area contributed by atoms with Gasteiger partial charge in [-0.05, 0) is 36.3 Å². The van der Waals surface area contributed by atoms with Crippen LogP contribution in [0.3, 0.4) is 0 Å². The monoisotopic (exact) mass is 622 g/mol. The largest absolute Gasteiger partial charge is 1.00 e. The van der Waals surface area contributed by atoms with Gasteiger partial charge >= 0.3 is 115 Å². The number of carbonyl (C=O) groups is 2. The van der Waals surface area contributed by atoms with E-state index in [1.54, 1.807) is 34.9 Å². The number of nitrogens with one attached hydrogen (secondary N) is 2. The van der Waals surface area contributed by atoms with Gasteiger partial charge in [0.05, 0.1) is 4.90 Å². The molecule has 3 rings (SSSR count). The number of unbranched alkanes of at least 4 members (excludes halogenated alkanes) is 1. The van der Waals surface area contributed by atoms with E-state index in [1.807, 2.05) is 25.3 Å². The second-order valence-corrected chi connectivity index (χ2v) is 10.9. The van der Waals surface area contributed by atoms with Crippen molar-refractivity contribution in [3.8, 4) is 11.1 Å². The maximum atomic E-state index is 12.9. The van der Waals surface area contributed by atoms with Gasteiger partial charge in [-0.1, -0.05) is 62.7 Å². The van der Waals surface area contributed by atoms with Crippen LogP contribution in [0.25, 0.3) is 11.1 Å². The van der Waals surface area contributed by atoms with Crippen molar-refractivity contribution in [1.29, 1.82) is 0 Å². The second-order valence-electron chi connectivity index (χ2n) is 8.44. The third-order valence-corrected chi connectivity index (χ3v) is 7.77. The van der Waals surface area contributed by atoms with Crippen molar-refractivity contribution in [3.63, 3.8) is 0 Å². The van der Waals surface area contributed by atoms with Gasteiger partial charge in [-0.15, -0.1) is 11.8 Å². The average Bonchev–Trinajstić information content (AvgIpc) is 3.23. The summed E-state index contributed by atoms with van der Waals surface area (Å²) in [6.07, 6.45) is 5.04. The van der Waals surface area contributed by atoms with Crippen LogP contribution in [0.15, 0.2) is 58.5 Å². The van der Waals surface area contributed by atoms with E-state index in [9.17, 15) is 23.1 Å². The van der Waals surface area contributed by atoms with Crippen molar-refractivity contribution in [2.45, 2.75) is 56.0 Å². The molecule has 2 amide bonds. The van der Waals surface area contributed by atoms with Crippen LogP contribution in [0.1, 0.15) is 55.0 Å². The summed E-state index contributed by atoms with van der Waals surface area (Å²) in [5.74, 6) is -0.289. The smallest absolute Gasteiger partial charge is 0.476 e. The fraction of sp³-hybridized carbons (Fsp3) is 0.346. The maximum absolute atomic E-state index is 12.9. The first-order chi connectivity index (χ1) is 17.7. The van der Waals surface area contributed by atoms with Crippen LogP contribution < -0.4 is 113 Å². The number of hydrogen-bond donors (Lipinski definition) is 3. The summed E-state index contributed by atoms with van der Waals surface area (Å²) in [6, 6.07) is 13.0. The summed E-state index contributed by atoms with van der Waals surface area (Å²) >= 11 is 1.31. The molecular weight excluding hydrogens is 591 g/mol. The summed E-state index contributed by atoms with van der Waals surface area (Å²) in [5.41, 5.74) is 2.13. The number of benzene rings is 2. The van der Waals surface area contributed by atoms with Crippen molar-refractivity contribution in [3.05, 3.63) is 65.6 Å². The molecule has 0 aliphatic heterocycles. The molecule has 0 unspecified atom stereocenters. The third kappa shape index (κ3) is 10.0. The number of nitrogens with zero attached hydrogens (tertiary/aromatic N) is 2. The summed E-state index contributed by atoms with van der Waals surface area (Å²) in [7, 11) is -4.10. The van der Waals surface area contributed by atoms with Crippen LogP contribution >= 0.6 is 11.8 Å². The van der Waals surface area contributed by atoms with E-state index >= 15 is 0 Å². The second kappa shape index (κ2) is 17.8. The Morgan fingerprint density at radius 1 is 1.03 bits per heavy atom.